The van der Waals surface area contributed by atoms with E-state index in [-0.39, 0.29) is 0 Å². The molecule has 1 aromatic rings. The van der Waals surface area contributed by atoms with Crippen molar-refractivity contribution in [2.75, 3.05) is 0 Å². The third-order valence-electron chi connectivity index (χ3n) is 4.24. The first-order chi connectivity index (χ1) is 9.97. The Morgan fingerprint density at radius 2 is 2.00 bits per heavy atom. The SMILES string of the molecule is CC1=NN2C(Cl)=CCC(C)c3ccc(C)cc3C2=C(C)C1. The normalized spacial score (nSPS) is 22.0. The van der Waals surface area contributed by atoms with Crippen LogP contribution in [0.15, 0.2) is 40.1 Å². The Hall–Kier alpha value is -1.54. The maximum atomic E-state index is 6.52. The number of hydrogen-bond acceptors (Lipinski definition) is 2. The number of aryl methyl sites for hydroxylation is 1. The first-order valence-electron chi connectivity index (χ1n) is 7.48. The Labute approximate surface area is 131 Å². The van der Waals surface area contributed by atoms with Gasteiger partial charge in [0, 0.05) is 17.7 Å². The van der Waals surface area contributed by atoms with Crippen LogP contribution < -0.4 is 0 Å². The second-order valence-electron chi connectivity index (χ2n) is 6.21. The Morgan fingerprint density at radius 3 is 2.76 bits per heavy atom. The van der Waals surface area contributed by atoms with Crippen LogP contribution in [-0.4, -0.2) is 10.7 Å². The smallest absolute Gasteiger partial charge is 0.127 e. The summed E-state index contributed by atoms with van der Waals surface area (Å²) in [6, 6.07) is 6.72. The lowest BCUT2D eigenvalue weighted by Crippen LogP contribution is -2.23. The largest absolute Gasteiger partial charge is 0.222 e. The van der Waals surface area contributed by atoms with Crippen LogP contribution in [0.2, 0.25) is 0 Å². The Morgan fingerprint density at radius 1 is 1.24 bits per heavy atom. The topological polar surface area (TPSA) is 15.6 Å². The fourth-order valence-electron chi connectivity index (χ4n) is 3.20. The molecule has 0 bridgehead atoms. The average molecular weight is 301 g/mol. The van der Waals surface area contributed by atoms with Crippen LogP contribution in [0.4, 0.5) is 0 Å². The van der Waals surface area contributed by atoms with E-state index in [9.17, 15) is 0 Å². The summed E-state index contributed by atoms with van der Waals surface area (Å²) in [5, 5.41) is 7.31. The second-order valence-corrected chi connectivity index (χ2v) is 6.59. The van der Waals surface area contributed by atoms with Crippen molar-refractivity contribution in [3.05, 3.63) is 51.7 Å². The van der Waals surface area contributed by atoms with Gasteiger partial charge in [-0.15, -0.1) is 0 Å². The zero-order valence-corrected chi connectivity index (χ0v) is 13.8. The molecule has 0 aromatic heterocycles. The van der Waals surface area contributed by atoms with Gasteiger partial charge in [0.05, 0.1) is 5.70 Å². The Bertz CT molecular complexity index is 682. The first kappa shape index (κ1) is 14.4. The molecule has 21 heavy (non-hydrogen) atoms. The molecule has 0 saturated carbocycles. The highest BCUT2D eigenvalue weighted by atomic mass is 35.5. The van der Waals surface area contributed by atoms with E-state index in [0.717, 1.165) is 24.3 Å². The van der Waals surface area contributed by atoms with Crippen LogP contribution in [0.1, 0.15) is 56.2 Å². The maximum absolute atomic E-state index is 6.52. The lowest BCUT2D eigenvalue weighted by molar-refractivity contribution is 0.529. The van der Waals surface area contributed by atoms with Gasteiger partial charge in [0.1, 0.15) is 5.16 Å². The molecule has 1 unspecified atom stereocenters. The summed E-state index contributed by atoms with van der Waals surface area (Å²) in [5.41, 5.74) is 7.53. The monoisotopic (exact) mass is 300 g/mol. The number of hydrazone groups is 1. The van der Waals surface area contributed by atoms with E-state index in [1.165, 1.54) is 22.3 Å². The molecule has 2 nitrogen and oxygen atoms in total. The molecule has 0 spiro atoms. The van der Waals surface area contributed by atoms with Crippen molar-refractivity contribution in [1.29, 1.82) is 0 Å². The van der Waals surface area contributed by atoms with E-state index in [1.54, 1.807) is 0 Å². The molecule has 110 valence electrons. The number of benzene rings is 1. The molecule has 0 saturated heterocycles. The standard InChI is InChI=1S/C18H21ClN2/c1-11-5-7-15-12(2)6-8-17(19)21-18(16(15)9-11)13(3)10-14(4)20-21/h5,7-9,12H,6,10H2,1-4H3. The van der Waals surface area contributed by atoms with Gasteiger partial charge in [-0.2, -0.15) is 5.10 Å². The zero-order chi connectivity index (χ0) is 15.1. The molecule has 2 aliphatic rings. The van der Waals surface area contributed by atoms with E-state index in [1.807, 2.05) is 5.01 Å². The summed E-state index contributed by atoms with van der Waals surface area (Å²) in [6.07, 6.45) is 3.94. The Balaban J connectivity index is 2.27. The van der Waals surface area contributed by atoms with Gasteiger partial charge in [-0.1, -0.05) is 36.2 Å². The molecular formula is C18H21ClN2. The predicted octanol–water partition coefficient (Wildman–Crippen LogP) is 5.40. The third-order valence-corrected chi connectivity index (χ3v) is 4.56. The highest BCUT2D eigenvalue weighted by molar-refractivity contribution is 6.29. The van der Waals surface area contributed by atoms with E-state index in [2.05, 4.69) is 57.1 Å². The quantitative estimate of drug-likeness (QED) is 0.586. The van der Waals surface area contributed by atoms with Gasteiger partial charge in [0.15, 0.2) is 0 Å². The molecule has 0 radical (unpaired) electrons. The van der Waals surface area contributed by atoms with Crippen molar-refractivity contribution < 1.29 is 0 Å². The molecule has 0 N–H and O–H groups in total. The van der Waals surface area contributed by atoms with Crippen molar-refractivity contribution >= 4 is 23.0 Å². The fourth-order valence-corrected chi connectivity index (χ4v) is 3.41. The summed E-state index contributed by atoms with van der Waals surface area (Å²) in [6.45, 7) is 8.64. The van der Waals surface area contributed by atoms with E-state index < -0.39 is 0 Å². The second kappa shape index (κ2) is 5.34. The van der Waals surface area contributed by atoms with Gasteiger partial charge in [-0.25, -0.2) is 5.01 Å². The molecular weight excluding hydrogens is 280 g/mol. The van der Waals surface area contributed by atoms with Gasteiger partial charge in [0.2, 0.25) is 0 Å². The molecule has 1 atom stereocenters. The third kappa shape index (κ3) is 2.53. The minimum atomic E-state index is 0.462. The van der Waals surface area contributed by atoms with Crippen LogP contribution in [0.25, 0.3) is 5.70 Å². The van der Waals surface area contributed by atoms with E-state index >= 15 is 0 Å². The molecule has 3 heteroatoms. The molecule has 0 fully saturated rings. The number of rotatable bonds is 0. The number of allylic oxidation sites excluding steroid dienone is 2. The summed E-state index contributed by atoms with van der Waals surface area (Å²) in [5.74, 6) is 0.462. The summed E-state index contributed by atoms with van der Waals surface area (Å²) >= 11 is 6.52. The average Bonchev–Trinajstić information content (AvgIpc) is 2.42. The maximum Gasteiger partial charge on any atom is 0.127 e. The summed E-state index contributed by atoms with van der Waals surface area (Å²) in [7, 11) is 0. The Kier molecular flexibility index (Phi) is 3.66. The van der Waals surface area contributed by atoms with Crippen LogP contribution >= 0.6 is 11.6 Å². The molecule has 2 aliphatic heterocycles. The van der Waals surface area contributed by atoms with Crippen LogP contribution in [0, 0.1) is 6.92 Å². The van der Waals surface area contributed by atoms with Crippen molar-refractivity contribution in [2.45, 2.75) is 46.5 Å². The van der Waals surface area contributed by atoms with Gasteiger partial charge in [0.25, 0.3) is 0 Å². The van der Waals surface area contributed by atoms with E-state index in [4.69, 9.17) is 11.6 Å². The molecule has 1 aromatic carbocycles. The highest BCUT2D eigenvalue weighted by Crippen LogP contribution is 2.40. The van der Waals surface area contributed by atoms with Crippen molar-refractivity contribution in [1.82, 2.24) is 5.01 Å². The first-order valence-corrected chi connectivity index (χ1v) is 7.85. The minimum Gasteiger partial charge on any atom is -0.222 e. The van der Waals surface area contributed by atoms with Crippen molar-refractivity contribution in [3.63, 3.8) is 0 Å². The van der Waals surface area contributed by atoms with Gasteiger partial charge in [-0.3, -0.25) is 0 Å². The highest BCUT2D eigenvalue weighted by Gasteiger charge is 2.27. The van der Waals surface area contributed by atoms with Crippen LogP contribution in [-0.2, 0) is 0 Å². The number of hydrogen-bond donors (Lipinski definition) is 0. The van der Waals surface area contributed by atoms with Crippen LogP contribution in [0.3, 0.4) is 0 Å². The fraction of sp³-hybridized carbons (Fsp3) is 0.389. The van der Waals surface area contributed by atoms with Crippen molar-refractivity contribution in [3.8, 4) is 0 Å². The summed E-state index contributed by atoms with van der Waals surface area (Å²) in [4.78, 5) is 0. The van der Waals surface area contributed by atoms with Crippen molar-refractivity contribution in [2.24, 2.45) is 5.10 Å². The number of nitrogens with zero attached hydrogens (tertiary/aromatic N) is 2. The van der Waals surface area contributed by atoms with E-state index in [0.29, 0.717) is 11.1 Å². The zero-order valence-electron chi connectivity index (χ0n) is 13.1. The van der Waals surface area contributed by atoms with Crippen LogP contribution in [0.5, 0.6) is 0 Å². The lowest BCUT2D eigenvalue weighted by Gasteiger charge is -2.32. The molecule has 2 heterocycles. The number of fused-ring (bicyclic) bond motifs is 3. The van der Waals surface area contributed by atoms with Gasteiger partial charge in [-0.05, 0) is 56.4 Å². The molecule has 0 amide bonds. The van der Waals surface area contributed by atoms with Gasteiger partial charge >= 0.3 is 0 Å². The number of halogens is 1. The van der Waals surface area contributed by atoms with Gasteiger partial charge < -0.3 is 0 Å². The molecule has 3 rings (SSSR count). The predicted molar refractivity (Wildman–Crippen MR) is 90.3 cm³/mol. The molecule has 0 aliphatic carbocycles. The summed E-state index contributed by atoms with van der Waals surface area (Å²) < 4.78 is 0. The lowest BCUT2D eigenvalue weighted by atomic mass is 9.87. The minimum absolute atomic E-state index is 0.462.